The molecule has 6 heteroatoms. The fourth-order valence-corrected chi connectivity index (χ4v) is 1.73. The molecule has 0 aliphatic carbocycles. The van der Waals surface area contributed by atoms with Gasteiger partial charge in [-0.05, 0) is 13.0 Å². The molecule has 0 aliphatic heterocycles. The van der Waals surface area contributed by atoms with E-state index >= 15 is 0 Å². The van der Waals surface area contributed by atoms with E-state index in [1.807, 2.05) is 6.92 Å². The molecule has 0 bridgehead atoms. The maximum atomic E-state index is 10.8. The van der Waals surface area contributed by atoms with Crippen LogP contribution in [-0.2, 0) is 0 Å². The van der Waals surface area contributed by atoms with Crippen LogP contribution in [0.2, 0.25) is 0 Å². The van der Waals surface area contributed by atoms with Crippen molar-refractivity contribution in [1.82, 2.24) is 9.97 Å². The highest BCUT2D eigenvalue weighted by Gasteiger charge is 2.11. The number of nitrogens with one attached hydrogen (secondary N) is 1. The Morgan fingerprint density at radius 2 is 2.32 bits per heavy atom. The quantitative estimate of drug-likeness (QED) is 0.516. The molecule has 0 fully saturated rings. The first-order chi connectivity index (χ1) is 9.11. The third kappa shape index (κ3) is 2.77. The van der Waals surface area contributed by atoms with E-state index in [1.165, 1.54) is 18.5 Å². The lowest BCUT2D eigenvalue weighted by atomic mass is 10.2. The molecule has 6 nitrogen and oxygen atoms in total. The van der Waals surface area contributed by atoms with E-state index in [4.69, 9.17) is 6.42 Å². The smallest absolute Gasteiger partial charge is 0.270 e. The van der Waals surface area contributed by atoms with E-state index < -0.39 is 4.92 Å². The molecule has 0 spiro atoms. The molecule has 0 aliphatic rings. The van der Waals surface area contributed by atoms with E-state index in [-0.39, 0.29) is 11.7 Å². The summed E-state index contributed by atoms with van der Waals surface area (Å²) in [5.74, 6) is 3.10. The van der Waals surface area contributed by atoms with Crippen molar-refractivity contribution in [2.45, 2.75) is 19.4 Å². The summed E-state index contributed by atoms with van der Waals surface area (Å²) >= 11 is 0. The highest BCUT2D eigenvalue weighted by Crippen LogP contribution is 2.24. The molecule has 0 radical (unpaired) electrons. The SMILES string of the molecule is C#CCC(C)Nc1ncnc2ccc([N+](=O)[O-])cc12. The van der Waals surface area contributed by atoms with E-state index in [1.54, 1.807) is 6.07 Å². The van der Waals surface area contributed by atoms with E-state index in [0.717, 1.165) is 0 Å². The molecule has 0 saturated carbocycles. The predicted octanol–water partition coefficient (Wildman–Crippen LogP) is 2.36. The van der Waals surface area contributed by atoms with Crippen molar-refractivity contribution in [2.75, 3.05) is 5.32 Å². The molecule has 19 heavy (non-hydrogen) atoms. The molecule has 0 amide bonds. The Kier molecular flexibility index (Phi) is 3.57. The van der Waals surface area contributed by atoms with Crippen LogP contribution in [0.1, 0.15) is 13.3 Å². The molecule has 1 aromatic heterocycles. The van der Waals surface area contributed by atoms with Crippen LogP contribution in [0.3, 0.4) is 0 Å². The van der Waals surface area contributed by atoms with E-state index in [2.05, 4.69) is 21.2 Å². The molecule has 2 rings (SSSR count). The zero-order chi connectivity index (χ0) is 13.8. The van der Waals surface area contributed by atoms with Gasteiger partial charge < -0.3 is 5.32 Å². The molecule has 1 N–H and O–H groups in total. The van der Waals surface area contributed by atoms with Crippen LogP contribution in [0.15, 0.2) is 24.5 Å². The van der Waals surface area contributed by atoms with Crippen molar-refractivity contribution in [3.63, 3.8) is 0 Å². The number of nitrogens with zero attached hydrogens (tertiary/aromatic N) is 3. The van der Waals surface area contributed by atoms with Crippen LogP contribution in [-0.4, -0.2) is 20.9 Å². The minimum atomic E-state index is -0.443. The standard InChI is InChI=1S/C13H12N4O2/c1-3-4-9(2)16-13-11-7-10(17(18)19)5-6-12(11)14-8-15-13/h1,5-9H,4H2,2H3,(H,14,15,16). The Balaban J connectivity index is 2.45. The molecule has 2 aromatic rings. The minimum Gasteiger partial charge on any atom is -0.366 e. The number of rotatable bonds is 4. The number of non-ortho nitro benzene ring substituents is 1. The van der Waals surface area contributed by atoms with Crippen molar-refractivity contribution < 1.29 is 4.92 Å². The van der Waals surface area contributed by atoms with Crippen LogP contribution >= 0.6 is 0 Å². The van der Waals surface area contributed by atoms with Gasteiger partial charge in [0.25, 0.3) is 5.69 Å². The number of hydrogen-bond donors (Lipinski definition) is 1. The normalized spacial score (nSPS) is 11.8. The molecule has 0 saturated heterocycles. The largest absolute Gasteiger partial charge is 0.366 e. The first kappa shape index (κ1) is 12.8. The lowest BCUT2D eigenvalue weighted by molar-refractivity contribution is -0.384. The average molecular weight is 256 g/mol. The number of aromatic nitrogens is 2. The molecular formula is C13H12N4O2. The number of nitro benzene ring substituents is 1. The summed E-state index contributed by atoms with van der Waals surface area (Å²) < 4.78 is 0. The lowest BCUT2D eigenvalue weighted by Crippen LogP contribution is -2.15. The van der Waals surface area contributed by atoms with Gasteiger partial charge in [-0.25, -0.2) is 9.97 Å². The van der Waals surface area contributed by atoms with Crippen molar-refractivity contribution in [1.29, 1.82) is 0 Å². The van der Waals surface area contributed by atoms with Gasteiger partial charge in [0.15, 0.2) is 0 Å². The number of nitro groups is 1. The molecule has 96 valence electrons. The van der Waals surface area contributed by atoms with E-state index in [9.17, 15) is 10.1 Å². The molecule has 1 atom stereocenters. The highest BCUT2D eigenvalue weighted by molar-refractivity contribution is 5.90. The summed E-state index contributed by atoms with van der Waals surface area (Å²) in [6, 6.07) is 4.51. The molecule has 1 aromatic carbocycles. The van der Waals surface area contributed by atoms with Crippen LogP contribution < -0.4 is 5.32 Å². The number of fused-ring (bicyclic) bond motifs is 1. The summed E-state index contributed by atoms with van der Waals surface area (Å²) in [6.45, 7) is 1.92. The van der Waals surface area contributed by atoms with Crippen molar-refractivity contribution in [3.8, 4) is 12.3 Å². The van der Waals surface area contributed by atoms with Gasteiger partial charge in [0.1, 0.15) is 12.1 Å². The molecular weight excluding hydrogens is 244 g/mol. The summed E-state index contributed by atoms with van der Waals surface area (Å²) in [4.78, 5) is 18.6. The maximum Gasteiger partial charge on any atom is 0.270 e. The second-order valence-electron chi connectivity index (χ2n) is 4.13. The van der Waals surface area contributed by atoms with Crippen molar-refractivity contribution >= 4 is 22.4 Å². The molecule has 1 heterocycles. The maximum absolute atomic E-state index is 10.8. The van der Waals surface area contributed by atoms with Gasteiger partial charge in [-0.1, -0.05) is 0 Å². The second kappa shape index (κ2) is 5.31. The topological polar surface area (TPSA) is 81.0 Å². The zero-order valence-electron chi connectivity index (χ0n) is 10.3. The van der Waals surface area contributed by atoms with Crippen LogP contribution in [0, 0.1) is 22.5 Å². The summed E-state index contributed by atoms with van der Waals surface area (Å²) in [6.07, 6.45) is 7.21. The Morgan fingerprint density at radius 3 is 3.00 bits per heavy atom. The first-order valence-corrected chi connectivity index (χ1v) is 5.71. The van der Waals surface area contributed by atoms with Gasteiger partial charge in [-0.15, -0.1) is 12.3 Å². The molecule has 1 unspecified atom stereocenters. The summed E-state index contributed by atoms with van der Waals surface area (Å²) in [7, 11) is 0. The first-order valence-electron chi connectivity index (χ1n) is 5.71. The van der Waals surface area contributed by atoms with Gasteiger partial charge in [-0.2, -0.15) is 0 Å². The zero-order valence-corrected chi connectivity index (χ0v) is 10.3. The van der Waals surface area contributed by atoms with Crippen LogP contribution in [0.25, 0.3) is 10.9 Å². The Labute approximate surface area is 110 Å². The Bertz CT molecular complexity index is 663. The third-order valence-corrected chi connectivity index (χ3v) is 2.64. The van der Waals surface area contributed by atoms with Crippen LogP contribution in [0.5, 0.6) is 0 Å². The van der Waals surface area contributed by atoms with Gasteiger partial charge in [0.05, 0.1) is 10.4 Å². The lowest BCUT2D eigenvalue weighted by Gasteiger charge is -2.12. The number of benzene rings is 1. The second-order valence-corrected chi connectivity index (χ2v) is 4.13. The van der Waals surface area contributed by atoms with Gasteiger partial charge >= 0.3 is 0 Å². The Morgan fingerprint density at radius 1 is 1.53 bits per heavy atom. The fraction of sp³-hybridized carbons (Fsp3) is 0.231. The fourth-order valence-electron chi connectivity index (χ4n) is 1.73. The van der Waals surface area contributed by atoms with Gasteiger partial charge in [0, 0.05) is 30.0 Å². The van der Waals surface area contributed by atoms with Crippen LogP contribution in [0.4, 0.5) is 11.5 Å². The number of anilines is 1. The highest BCUT2D eigenvalue weighted by atomic mass is 16.6. The third-order valence-electron chi connectivity index (χ3n) is 2.64. The summed E-state index contributed by atoms with van der Waals surface area (Å²) in [5, 5.41) is 14.5. The monoisotopic (exact) mass is 256 g/mol. The van der Waals surface area contributed by atoms with Crippen molar-refractivity contribution in [2.24, 2.45) is 0 Å². The number of terminal acetylenes is 1. The Hall–Kier alpha value is -2.68. The predicted molar refractivity (Wildman–Crippen MR) is 72.7 cm³/mol. The van der Waals surface area contributed by atoms with E-state index in [0.29, 0.717) is 23.1 Å². The van der Waals surface area contributed by atoms with Crippen molar-refractivity contribution in [3.05, 3.63) is 34.6 Å². The van der Waals surface area contributed by atoms with Gasteiger partial charge in [-0.3, -0.25) is 10.1 Å². The summed E-state index contributed by atoms with van der Waals surface area (Å²) in [5.41, 5.74) is 0.658. The van der Waals surface area contributed by atoms with Gasteiger partial charge in [0.2, 0.25) is 0 Å². The average Bonchev–Trinajstić information content (AvgIpc) is 2.38. The number of hydrogen-bond acceptors (Lipinski definition) is 5. The minimum absolute atomic E-state index is 0.00922.